The Labute approximate surface area is 158 Å². The fourth-order valence-corrected chi connectivity index (χ4v) is 6.72. The zero-order valence-corrected chi connectivity index (χ0v) is 16.2. The number of esters is 2. The minimum Gasteiger partial charge on any atom is -0.465 e. The number of hydrogen-bond acceptors (Lipinski definition) is 6. The van der Waals surface area contributed by atoms with E-state index in [1.807, 2.05) is 0 Å². The molecule has 1 aromatic rings. The van der Waals surface area contributed by atoms with Crippen molar-refractivity contribution < 1.29 is 23.6 Å². The molecular formula is C21H27NO5. The SMILES string of the molecule is CC(=O)O[C@H]1CC[C@@]2(C)c3c(noc31)C[C@H]1[C@@H]3CC(=O)OC[C@@]3(C)CC[C@@H]12. The van der Waals surface area contributed by atoms with Crippen molar-refractivity contribution in [3.63, 3.8) is 0 Å². The normalized spacial score (nSPS) is 42.4. The second-order valence-corrected chi connectivity index (χ2v) is 9.56. The van der Waals surface area contributed by atoms with Gasteiger partial charge in [-0.25, -0.2) is 0 Å². The van der Waals surface area contributed by atoms with Crippen LogP contribution in [0.1, 0.15) is 76.0 Å². The highest BCUT2D eigenvalue weighted by molar-refractivity contribution is 5.71. The molecule has 1 aromatic heterocycles. The van der Waals surface area contributed by atoms with E-state index in [9.17, 15) is 9.59 Å². The Hall–Kier alpha value is -1.85. The Morgan fingerprint density at radius 3 is 2.78 bits per heavy atom. The molecule has 6 nitrogen and oxygen atoms in total. The summed E-state index contributed by atoms with van der Waals surface area (Å²) in [6.07, 6.45) is 5.00. The van der Waals surface area contributed by atoms with Gasteiger partial charge in [-0.05, 0) is 49.9 Å². The molecule has 27 heavy (non-hydrogen) atoms. The minimum absolute atomic E-state index is 0.0209. The molecule has 4 aliphatic rings. The molecule has 1 saturated carbocycles. The van der Waals surface area contributed by atoms with Gasteiger partial charge in [0.15, 0.2) is 11.9 Å². The van der Waals surface area contributed by atoms with Crippen molar-refractivity contribution in [3.8, 4) is 0 Å². The Bertz CT molecular complexity index is 815. The molecule has 0 N–H and O–H groups in total. The molecule has 2 fully saturated rings. The maximum Gasteiger partial charge on any atom is 0.306 e. The molecule has 1 saturated heterocycles. The standard InChI is InChI=1S/C21H27NO5/c1-11(23)26-16-5-7-21(3)13-4-6-20(2)10-25-17(24)9-14(20)12(13)8-15-18(21)19(16)27-22-15/h12-14,16H,4-10H2,1-3H3/t12-,13+,14+,16+,20-,21-/m1/s1. The van der Waals surface area contributed by atoms with Crippen molar-refractivity contribution in [1.29, 1.82) is 0 Å². The topological polar surface area (TPSA) is 78.6 Å². The number of carbonyl (C=O) groups is 2. The lowest BCUT2D eigenvalue weighted by Crippen LogP contribution is -2.56. The summed E-state index contributed by atoms with van der Waals surface area (Å²) in [5, 5.41) is 4.41. The maximum atomic E-state index is 12.1. The van der Waals surface area contributed by atoms with E-state index in [1.54, 1.807) is 0 Å². The van der Waals surface area contributed by atoms with Gasteiger partial charge in [0.1, 0.15) is 0 Å². The quantitative estimate of drug-likeness (QED) is 0.701. The Morgan fingerprint density at radius 2 is 2.00 bits per heavy atom. The molecule has 3 aliphatic carbocycles. The summed E-state index contributed by atoms with van der Waals surface area (Å²) >= 11 is 0. The van der Waals surface area contributed by atoms with E-state index in [-0.39, 0.29) is 28.9 Å². The summed E-state index contributed by atoms with van der Waals surface area (Å²) in [5.41, 5.74) is 2.24. The summed E-state index contributed by atoms with van der Waals surface area (Å²) in [7, 11) is 0. The molecule has 0 aromatic carbocycles. The lowest BCUT2D eigenvalue weighted by molar-refractivity contribution is -0.171. The van der Waals surface area contributed by atoms with Gasteiger partial charge in [0.05, 0.1) is 12.3 Å². The van der Waals surface area contributed by atoms with Crippen molar-refractivity contribution in [2.75, 3.05) is 6.61 Å². The van der Waals surface area contributed by atoms with Crippen LogP contribution in [-0.2, 0) is 30.9 Å². The fraction of sp³-hybridized carbons (Fsp3) is 0.762. The zero-order valence-electron chi connectivity index (χ0n) is 16.2. The molecular weight excluding hydrogens is 346 g/mol. The third-order valence-corrected chi connectivity index (χ3v) is 8.04. The summed E-state index contributed by atoms with van der Waals surface area (Å²) in [6.45, 7) is 6.60. The van der Waals surface area contributed by atoms with Crippen LogP contribution in [0.5, 0.6) is 0 Å². The van der Waals surface area contributed by atoms with Gasteiger partial charge < -0.3 is 14.0 Å². The Balaban J connectivity index is 1.56. The van der Waals surface area contributed by atoms with Gasteiger partial charge in [-0.3, -0.25) is 9.59 Å². The van der Waals surface area contributed by atoms with Crippen molar-refractivity contribution in [2.45, 2.75) is 70.8 Å². The third-order valence-electron chi connectivity index (χ3n) is 8.04. The van der Waals surface area contributed by atoms with Crippen LogP contribution >= 0.6 is 0 Å². The number of aromatic nitrogens is 1. The average molecular weight is 373 g/mol. The minimum atomic E-state index is -0.318. The number of cyclic esters (lactones) is 1. The summed E-state index contributed by atoms with van der Waals surface area (Å²) in [4.78, 5) is 23.6. The van der Waals surface area contributed by atoms with Crippen molar-refractivity contribution in [1.82, 2.24) is 5.16 Å². The van der Waals surface area contributed by atoms with Gasteiger partial charge in [-0.1, -0.05) is 19.0 Å². The molecule has 0 unspecified atom stereocenters. The predicted octanol–water partition coefficient (Wildman–Crippen LogP) is 3.48. The first-order valence-corrected chi connectivity index (χ1v) is 10.1. The molecule has 1 aliphatic heterocycles. The highest BCUT2D eigenvalue weighted by Crippen LogP contribution is 2.62. The van der Waals surface area contributed by atoms with Crippen molar-refractivity contribution in [2.24, 2.45) is 23.2 Å². The first-order valence-electron chi connectivity index (χ1n) is 10.1. The maximum absolute atomic E-state index is 12.1. The largest absolute Gasteiger partial charge is 0.465 e. The summed E-state index contributed by atoms with van der Waals surface area (Å²) in [5.74, 6) is 1.69. The number of rotatable bonds is 1. The van der Waals surface area contributed by atoms with E-state index in [0.717, 1.165) is 43.6 Å². The number of fused-ring (bicyclic) bond motifs is 4. The lowest BCUT2D eigenvalue weighted by atomic mass is 9.47. The molecule has 146 valence electrons. The number of nitrogens with zero attached hydrogens (tertiary/aromatic N) is 1. The monoisotopic (exact) mass is 373 g/mol. The van der Waals surface area contributed by atoms with E-state index in [2.05, 4.69) is 19.0 Å². The van der Waals surface area contributed by atoms with Crippen LogP contribution < -0.4 is 0 Å². The fourth-order valence-electron chi connectivity index (χ4n) is 6.72. The van der Waals surface area contributed by atoms with Crippen molar-refractivity contribution >= 4 is 11.9 Å². The highest BCUT2D eigenvalue weighted by atomic mass is 16.6. The summed E-state index contributed by atoms with van der Waals surface area (Å²) in [6, 6.07) is 0. The molecule has 0 spiro atoms. The average Bonchev–Trinajstić information content (AvgIpc) is 3.04. The molecule has 2 heterocycles. The molecule has 6 heteroatoms. The highest BCUT2D eigenvalue weighted by Gasteiger charge is 2.59. The van der Waals surface area contributed by atoms with Gasteiger partial charge >= 0.3 is 11.9 Å². The van der Waals surface area contributed by atoms with Gasteiger partial charge in [-0.15, -0.1) is 0 Å². The second kappa shape index (κ2) is 5.58. The van der Waals surface area contributed by atoms with Crippen molar-refractivity contribution in [3.05, 3.63) is 17.0 Å². The van der Waals surface area contributed by atoms with Gasteiger partial charge in [0, 0.05) is 29.7 Å². The van der Waals surface area contributed by atoms with Crippen LogP contribution in [0.4, 0.5) is 0 Å². The van der Waals surface area contributed by atoms with Crippen LogP contribution in [0.25, 0.3) is 0 Å². The first-order chi connectivity index (χ1) is 12.8. The molecule has 0 radical (unpaired) electrons. The van der Waals surface area contributed by atoms with Crippen LogP contribution in [-0.4, -0.2) is 23.7 Å². The third kappa shape index (κ3) is 2.34. The van der Waals surface area contributed by atoms with Crippen LogP contribution in [0, 0.1) is 23.2 Å². The van der Waals surface area contributed by atoms with Crippen LogP contribution in [0.3, 0.4) is 0 Å². The van der Waals surface area contributed by atoms with E-state index in [0.29, 0.717) is 30.8 Å². The van der Waals surface area contributed by atoms with E-state index >= 15 is 0 Å². The summed E-state index contributed by atoms with van der Waals surface area (Å²) < 4.78 is 16.7. The zero-order chi connectivity index (χ0) is 19.0. The molecule has 6 atom stereocenters. The Morgan fingerprint density at radius 1 is 1.19 bits per heavy atom. The number of ether oxygens (including phenoxy) is 2. The molecule has 0 amide bonds. The number of carbonyl (C=O) groups excluding carboxylic acids is 2. The number of hydrogen-bond donors (Lipinski definition) is 0. The van der Waals surface area contributed by atoms with E-state index < -0.39 is 0 Å². The lowest BCUT2D eigenvalue weighted by Gasteiger charge is -2.58. The predicted molar refractivity (Wildman–Crippen MR) is 94.7 cm³/mol. The second-order valence-electron chi connectivity index (χ2n) is 9.56. The van der Waals surface area contributed by atoms with E-state index in [1.165, 1.54) is 12.5 Å². The van der Waals surface area contributed by atoms with Crippen LogP contribution in [0.15, 0.2) is 4.52 Å². The molecule has 0 bridgehead atoms. The van der Waals surface area contributed by atoms with Gasteiger partial charge in [0.2, 0.25) is 0 Å². The van der Waals surface area contributed by atoms with Gasteiger partial charge in [0.25, 0.3) is 0 Å². The Kier molecular flexibility index (Phi) is 3.57. The van der Waals surface area contributed by atoms with Crippen LogP contribution in [0.2, 0.25) is 0 Å². The van der Waals surface area contributed by atoms with Gasteiger partial charge in [-0.2, -0.15) is 0 Å². The first kappa shape index (κ1) is 17.3. The molecule has 5 rings (SSSR count). The van der Waals surface area contributed by atoms with E-state index in [4.69, 9.17) is 14.0 Å². The smallest absolute Gasteiger partial charge is 0.306 e.